The maximum Gasteiger partial charge on any atom is 0.469 e. The molecule has 0 amide bonds. The molecular weight excluding hydrogens is 342 g/mol. The van der Waals surface area contributed by atoms with Crippen LogP contribution in [0.2, 0.25) is 0 Å². The summed E-state index contributed by atoms with van der Waals surface area (Å²) in [7, 11) is -9.37. The summed E-state index contributed by atoms with van der Waals surface area (Å²) >= 11 is 0. The molecule has 1 fully saturated rings. The Morgan fingerprint density at radius 1 is 1.10 bits per heavy atom. The van der Waals surface area contributed by atoms with Crippen molar-refractivity contribution in [1.82, 2.24) is 0 Å². The van der Waals surface area contributed by atoms with E-state index >= 15 is 0 Å². The molecule has 15 heteroatoms. The third-order valence-corrected chi connectivity index (χ3v) is 2.64. The van der Waals surface area contributed by atoms with Gasteiger partial charge in [0.05, 0.1) is 13.2 Å². The Kier molecular flexibility index (Phi) is 7.53. The highest BCUT2D eigenvalue weighted by molar-refractivity contribution is 7.46. The lowest BCUT2D eigenvalue weighted by Gasteiger charge is -2.22. The number of hydrogen-bond donors (Lipinski definition) is 9. The average Bonchev–Trinajstić information content (AvgIpc) is 2.49. The molecule has 0 radical (unpaired) electrons. The molecule has 0 aromatic rings. The molecule has 0 bridgehead atoms. The lowest BCUT2D eigenvalue weighted by Crippen LogP contribution is -2.46. The fourth-order valence-electron chi connectivity index (χ4n) is 1.31. The van der Waals surface area contributed by atoms with E-state index in [0.717, 1.165) is 0 Å². The van der Waals surface area contributed by atoms with E-state index < -0.39 is 53.0 Å². The van der Waals surface area contributed by atoms with Gasteiger partial charge in [-0.15, -0.1) is 0 Å². The van der Waals surface area contributed by atoms with E-state index in [1.165, 1.54) is 0 Å². The zero-order chi connectivity index (χ0) is 17.1. The van der Waals surface area contributed by atoms with Gasteiger partial charge in [-0.2, -0.15) is 0 Å². The van der Waals surface area contributed by atoms with Crippen LogP contribution in [-0.2, 0) is 18.4 Å². The zero-order valence-corrected chi connectivity index (χ0v) is 12.0. The molecule has 1 heterocycles. The lowest BCUT2D eigenvalue weighted by atomic mass is 10.1. The number of aliphatic hydroxyl groups excluding tert-OH is 3. The predicted molar refractivity (Wildman–Crippen MR) is 61.2 cm³/mol. The Balaban J connectivity index is 0.000000690. The van der Waals surface area contributed by atoms with Crippen LogP contribution in [0.5, 0.6) is 0 Å². The van der Waals surface area contributed by atoms with Gasteiger partial charge in [0.15, 0.2) is 0 Å². The second kappa shape index (κ2) is 7.53. The van der Waals surface area contributed by atoms with Crippen LogP contribution in [-0.4, -0.2) is 82.2 Å². The fourth-order valence-corrected chi connectivity index (χ4v) is 1.65. The van der Waals surface area contributed by atoms with E-state index in [1.54, 1.807) is 0 Å². The van der Waals surface area contributed by atoms with Crippen LogP contribution >= 0.6 is 15.6 Å². The Morgan fingerprint density at radius 2 is 1.52 bits per heavy atom. The van der Waals surface area contributed by atoms with Crippen molar-refractivity contribution in [2.75, 3.05) is 13.2 Å². The number of phosphoric acid groups is 2. The summed E-state index contributed by atoms with van der Waals surface area (Å²) in [5.74, 6) is -2.36. The summed E-state index contributed by atoms with van der Waals surface area (Å²) in [6, 6.07) is 0. The monoisotopic (exact) mass is 358 g/mol. The molecule has 1 aliphatic heterocycles. The van der Waals surface area contributed by atoms with Gasteiger partial charge < -0.3 is 49.6 Å². The Bertz CT molecular complexity index is 407. The first kappa shape index (κ1) is 21.0. The number of rotatable bonds is 4. The van der Waals surface area contributed by atoms with Gasteiger partial charge in [0.2, 0.25) is 5.79 Å². The summed E-state index contributed by atoms with van der Waals surface area (Å²) in [5.41, 5.74) is 0. The highest BCUT2D eigenvalue weighted by Crippen LogP contribution is 2.38. The second-order valence-corrected chi connectivity index (χ2v) is 6.16. The summed E-state index contributed by atoms with van der Waals surface area (Å²) in [5, 5.41) is 36.7. The first-order valence-electron chi connectivity index (χ1n) is 5.05. The quantitative estimate of drug-likeness (QED) is 0.218. The molecule has 13 nitrogen and oxygen atoms in total. The molecule has 0 spiro atoms. The molecule has 1 rings (SSSR count). The van der Waals surface area contributed by atoms with E-state index in [-0.39, 0.29) is 0 Å². The van der Waals surface area contributed by atoms with Crippen LogP contribution in [0.15, 0.2) is 0 Å². The summed E-state index contributed by atoms with van der Waals surface area (Å²) in [6.07, 6.45) is -4.76. The predicted octanol–water partition coefficient (Wildman–Crippen LogP) is -4.03. The highest BCUT2D eigenvalue weighted by atomic mass is 31.2. The van der Waals surface area contributed by atoms with Crippen molar-refractivity contribution in [2.24, 2.45) is 0 Å². The van der Waals surface area contributed by atoms with Gasteiger partial charge in [0, 0.05) is 0 Å². The van der Waals surface area contributed by atoms with Crippen LogP contribution in [0.1, 0.15) is 0 Å². The third-order valence-electron chi connectivity index (χ3n) is 2.16. The lowest BCUT2D eigenvalue weighted by molar-refractivity contribution is -0.247. The van der Waals surface area contributed by atoms with Crippen molar-refractivity contribution in [1.29, 1.82) is 0 Å². The van der Waals surface area contributed by atoms with Crippen molar-refractivity contribution in [2.45, 2.75) is 24.1 Å². The Hall–Kier alpha value is 0.0200. The smallest absolute Gasteiger partial charge is 0.391 e. The van der Waals surface area contributed by atoms with Gasteiger partial charge in [-0.05, 0) is 0 Å². The Morgan fingerprint density at radius 3 is 1.81 bits per heavy atom. The fraction of sp³-hybridized carbons (Fsp3) is 1.00. The van der Waals surface area contributed by atoms with Crippen molar-refractivity contribution in [3.8, 4) is 0 Å². The van der Waals surface area contributed by atoms with Gasteiger partial charge in [0.1, 0.15) is 18.3 Å². The first-order valence-corrected chi connectivity index (χ1v) is 8.15. The standard InChI is InChI=1S/C6H13O9P.H3O4P/c7-2-6(10)5(9)4(8)3(15-6)1-14-16(11,12)13;1-5(2,3)4/h3-5,7-10H,1-2H2,(H2,11,12,13);(H3,1,2,3,4)/t3-,4-,5+,6-;/m1./s1. The molecule has 4 atom stereocenters. The van der Waals surface area contributed by atoms with Crippen LogP contribution in [0.4, 0.5) is 0 Å². The van der Waals surface area contributed by atoms with E-state index in [9.17, 15) is 19.9 Å². The van der Waals surface area contributed by atoms with Gasteiger partial charge in [-0.3, -0.25) is 4.52 Å². The molecule has 0 aromatic carbocycles. The summed E-state index contributed by atoms with van der Waals surface area (Å²) in [4.78, 5) is 38.4. The van der Waals surface area contributed by atoms with Crippen LogP contribution in [0, 0.1) is 0 Å². The number of hydrogen-bond acceptors (Lipinski definition) is 8. The van der Waals surface area contributed by atoms with Crippen LogP contribution in [0.3, 0.4) is 0 Å². The van der Waals surface area contributed by atoms with Crippen molar-refractivity contribution >= 4 is 15.6 Å². The van der Waals surface area contributed by atoms with E-state index in [0.29, 0.717) is 0 Å². The number of phosphoric ester groups is 1. The number of aliphatic hydroxyl groups is 4. The molecule has 21 heavy (non-hydrogen) atoms. The molecule has 0 unspecified atom stereocenters. The highest BCUT2D eigenvalue weighted by Gasteiger charge is 2.53. The van der Waals surface area contributed by atoms with Gasteiger partial charge in [-0.1, -0.05) is 0 Å². The van der Waals surface area contributed by atoms with Crippen LogP contribution in [0.25, 0.3) is 0 Å². The van der Waals surface area contributed by atoms with E-state index in [4.69, 9.17) is 34.1 Å². The maximum absolute atomic E-state index is 10.4. The van der Waals surface area contributed by atoms with Crippen LogP contribution < -0.4 is 0 Å². The third kappa shape index (κ3) is 8.28. The normalized spacial score (nSPS) is 33.5. The minimum absolute atomic E-state index is 0.731. The molecule has 128 valence electrons. The molecule has 0 aromatic heterocycles. The topological polar surface area (TPSA) is 235 Å². The zero-order valence-electron chi connectivity index (χ0n) is 10.2. The Labute approximate surface area is 117 Å². The molecule has 0 saturated carbocycles. The largest absolute Gasteiger partial charge is 0.469 e. The van der Waals surface area contributed by atoms with E-state index in [1.807, 2.05) is 0 Å². The minimum atomic E-state index is -4.73. The van der Waals surface area contributed by atoms with Crippen molar-refractivity contribution in [3.05, 3.63) is 0 Å². The number of ether oxygens (including phenoxy) is 1. The molecule has 9 N–H and O–H groups in total. The van der Waals surface area contributed by atoms with Gasteiger partial charge in [0.25, 0.3) is 0 Å². The maximum atomic E-state index is 10.4. The van der Waals surface area contributed by atoms with Crippen molar-refractivity contribution in [3.63, 3.8) is 0 Å². The molecule has 1 saturated heterocycles. The van der Waals surface area contributed by atoms with E-state index in [2.05, 4.69) is 9.26 Å². The minimum Gasteiger partial charge on any atom is -0.391 e. The molecular formula is C6H16O13P2. The second-order valence-electron chi connectivity index (χ2n) is 3.89. The first-order chi connectivity index (χ1) is 9.19. The van der Waals surface area contributed by atoms with Gasteiger partial charge >= 0.3 is 15.6 Å². The average molecular weight is 358 g/mol. The SMILES string of the molecule is O=P(O)(O)O.O=P(O)(O)OC[C@H]1O[C@](O)(CO)[C@@H](O)[C@@H]1O. The molecule has 1 aliphatic rings. The summed E-state index contributed by atoms with van der Waals surface area (Å²) in [6.45, 7) is -1.71. The summed E-state index contributed by atoms with van der Waals surface area (Å²) < 4.78 is 28.0. The van der Waals surface area contributed by atoms with Gasteiger partial charge in [-0.25, -0.2) is 9.13 Å². The van der Waals surface area contributed by atoms with Crippen molar-refractivity contribution < 1.29 is 63.3 Å². The molecule has 0 aliphatic carbocycles.